The minimum atomic E-state index is -0.628. The molecule has 56 heavy (non-hydrogen) atoms. The van der Waals surface area contributed by atoms with Crippen molar-refractivity contribution in [2.24, 2.45) is 23.2 Å². The average molecular weight is 770 g/mol. The van der Waals surface area contributed by atoms with Crippen LogP contribution in [0.3, 0.4) is 0 Å². The fourth-order valence-electron chi connectivity index (χ4n) is 11.1. The second-order valence-electron chi connectivity index (χ2n) is 19.6. The third-order valence-electron chi connectivity index (χ3n) is 13.7. The van der Waals surface area contributed by atoms with E-state index in [1.54, 1.807) is 16.5 Å². The maximum Gasteiger partial charge on any atom is 0.352 e. The molecule has 6 atom stereocenters. The van der Waals surface area contributed by atoms with Crippen molar-refractivity contribution in [3.63, 3.8) is 0 Å². The molecule has 4 aliphatic rings. The molecule has 1 aromatic carbocycles. The van der Waals surface area contributed by atoms with Gasteiger partial charge in [0.2, 0.25) is 0 Å². The van der Waals surface area contributed by atoms with Crippen LogP contribution in [0.1, 0.15) is 115 Å². The van der Waals surface area contributed by atoms with Crippen molar-refractivity contribution in [3.05, 3.63) is 97.6 Å². The summed E-state index contributed by atoms with van der Waals surface area (Å²) < 4.78 is 13.3. The Morgan fingerprint density at radius 3 is 2.52 bits per heavy atom. The maximum absolute atomic E-state index is 14.6. The van der Waals surface area contributed by atoms with Crippen LogP contribution in [0.5, 0.6) is 5.75 Å². The minimum absolute atomic E-state index is 0.184. The number of aliphatic hydroxyl groups excluding tert-OH is 1. The number of quaternary nitrogens is 1. The molecule has 0 unspecified atom stereocenters. The fraction of sp³-hybridized carbons (Fsp3) is 0.630. The zero-order valence-corrected chi connectivity index (χ0v) is 35.3. The van der Waals surface area contributed by atoms with Gasteiger partial charge in [0.05, 0.1) is 63.8 Å². The average Bonchev–Trinajstić information content (AvgIpc) is 3.61. The van der Waals surface area contributed by atoms with Gasteiger partial charge < -0.3 is 19.4 Å². The smallest absolute Gasteiger partial charge is 0.352 e. The van der Waals surface area contributed by atoms with Crippen LogP contribution in [0.4, 0.5) is 0 Å². The summed E-state index contributed by atoms with van der Waals surface area (Å²) in [7, 11) is 8.22. The molecule has 0 radical (unpaired) electrons. The van der Waals surface area contributed by atoms with E-state index in [1.165, 1.54) is 34.1 Å². The molecule has 1 aliphatic heterocycles. The summed E-state index contributed by atoms with van der Waals surface area (Å²) in [6.07, 6.45) is 16.3. The number of aliphatic hydroxyl groups is 2. The van der Waals surface area contributed by atoms with Crippen LogP contribution in [0.2, 0.25) is 0 Å². The number of fused-ring (bicyclic) bond motifs is 2. The number of hydrogen-bond acceptors (Lipinski definition) is 5. The first-order chi connectivity index (χ1) is 26.5. The van der Waals surface area contributed by atoms with Crippen LogP contribution in [0.15, 0.2) is 75.1 Å². The highest BCUT2D eigenvalue weighted by Crippen LogP contribution is 2.60. The highest BCUT2D eigenvalue weighted by molar-refractivity contribution is 5.37. The van der Waals surface area contributed by atoms with Crippen molar-refractivity contribution in [1.82, 2.24) is 13.9 Å². The van der Waals surface area contributed by atoms with Crippen LogP contribution in [0, 0.1) is 23.2 Å². The minimum Gasteiger partial charge on any atom is -0.496 e. The quantitative estimate of drug-likeness (QED) is 0.125. The summed E-state index contributed by atoms with van der Waals surface area (Å²) >= 11 is 0. The van der Waals surface area contributed by atoms with E-state index in [4.69, 9.17) is 4.74 Å². The summed E-state index contributed by atoms with van der Waals surface area (Å²) in [6.45, 7) is 10.6. The number of methoxy groups -OCH3 is 1. The molecule has 0 spiro atoms. The molecule has 0 bridgehead atoms. The molecule has 7 rings (SSSR count). The molecule has 304 valence electrons. The van der Waals surface area contributed by atoms with Crippen molar-refractivity contribution < 1.29 is 24.0 Å². The second kappa shape index (κ2) is 15.6. The molecule has 3 heterocycles. The molecule has 0 amide bonds. The Hall–Kier alpha value is -3.73. The number of benzene rings is 1. The van der Waals surface area contributed by atoms with Gasteiger partial charge >= 0.3 is 11.4 Å². The van der Waals surface area contributed by atoms with E-state index in [9.17, 15) is 19.8 Å². The van der Waals surface area contributed by atoms with E-state index in [0.29, 0.717) is 49.4 Å². The van der Waals surface area contributed by atoms with Crippen LogP contribution in [-0.2, 0) is 19.6 Å². The molecule has 10 heteroatoms. The highest BCUT2D eigenvalue weighted by atomic mass is 16.5. The van der Waals surface area contributed by atoms with Crippen LogP contribution in [-0.4, -0.2) is 68.6 Å². The molecule has 3 aliphatic carbocycles. The van der Waals surface area contributed by atoms with Gasteiger partial charge in [-0.05, 0) is 118 Å². The molecule has 3 aromatic rings. The van der Waals surface area contributed by atoms with Gasteiger partial charge in [-0.3, -0.25) is 0 Å². The number of rotatable bonds is 12. The molecule has 0 saturated heterocycles. The van der Waals surface area contributed by atoms with Gasteiger partial charge in [0, 0.05) is 17.7 Å². The Bertz CT molecular complexity index is 2090. The predicted octanol–water partition coefficient (Wildman–Crippen LogP) is 6.47. The number of allylic oxidation sites excluding steroid dienone is 3. The fourth-order valence-corrected chi connectivity index (χ4v) is 11.1. The molecule has 2 saturated carbocycles. The van der Waals surface area contributed by atoms with Crippen LogP contribution in [0.25, 0.3) is 5.69 Å². The van der Waals surface area contributed by atoms with Gasteiger partial charge in [-0.25, -0.2) is 28.1 Å². The van der Waals surface area contributed by atoms with E-state index in [0.717, 1.165) is 72.9 Å². The SMILES string of the molecule is COc1cc(C[N+](C)(C)C)ccc1C[n+]1ccc(-n2c(=O)n3n(c2=O)[C@@H](/C=C2\CCC[C@]4(C)[C@@H]([C@H](C)CCCC(C)(C)O)CC[C@@H]24)C2=C(CC[C@H](O)C2)C3)cc1. The van der Waals surface area contributed by atoms with Crippen molar-refractivity contribution >= 4 is 0 Å². The Morgan fingerprint density at radius 2 is 1.82 bits per heavy atom. The predicted molar refractivity (Wildman–Crippen MR) is 220 cm³/mol. The lowest BCUT2D eigenvalue weighted by molar-refractivity contribution is -0.884. The molecule has 2 N–H and O–H groups in total. The Labute approximate surface area is 333 Å². The van der Waals surface area contributed by atoms with Gasteiger partial charge in [-0.2, -0.15) is 0 Å². The molecular formula is C46H67N5O5+2. The van der Waals surface area contributed by atoms with E-state index in [2.05, 4.69) is 59.3 Å². The number of aromatic nitrogens is 4. The lowest BCUT2D eigenvalue weighted by atomic mass is 9.60. The van der Waals surface area contributed by atoms with Crippen LogP contribution >= 0.6 is 0 Å². The summed E-state index contributed by atoms with van der Waals surface area (Å²) in [4.78, 5) is 28.9. The second-order valence-corrected chi connectivity index (χ2v) is 19.6. The Kier molecular flexibility index (Phi) is 11.2. The van der Waals surface area contributed by atoms with Gasteiger partial charge in [-0.15, -0.1) is 0 Å². The van der Waals surface area contributed by atoms with Crippen molar-refractivity contribution in [3.8, 4) is 11.4 Å². The Balaban J connectivity index is 1.18. The summed E-state index contributed by atoms with van der Waals surface area (Å²) in [6, 6.07) is 9.70. The van der Waals surface area contributed by atoms with E-state index in [-0.39, 0.29) is 16.8 Å². The summed E-state index contributed by atoms with van der Waals surface area (Å²) in [5.41, 5.74) is 5.43. The highest BCUT2D eigenvalue weighted by Gasteiger charge is 2.51. The van der Waals surface area contributed by atoms with Gasteiger partial charge in [0.15, 0.2) is 18.9 Å². The molecule has 10 nitrogen and oxygen atoms in total. The first-order valence-electron chi connectivity index (χ1n) is 21.2. The maximum atomic E-state index is 14.6. The number of ether oxygens (including phenoxy) is 1. The lowest BCUT2D eigenvalue weighted by Gasteiger charge is -2.45. The monoisotopic (exact) mass is 770 g/mol. The third kappa shape index (κ3) is 8.16. The van der Waals surface area contributed by atoms with Gasteiger partial charge in [0.1, 0.15) is 12.3 Å². The van der Waals surface area contributed by atoms with E-state index in [1.807, 2.05) is 42.9 Å². The molecular weight excluding hydrogens is 703 g/mol. The number of hydrogen-bond donors (Lipinski definition) is 2. The number of nitrogens with zero attached hydrogens (tertiary/aromatic N) is 5. The normalized spacial score (nSPS) is 26.6. The zero-order chi connectivity index (χ0) is 40.2. The lowest BCUT2D eigenvalue weighted by Crippen LogP contribution is -2.39. The molecule has 2 aromatic heterocycles. The first-order valence-corrected chi connectivity index (χ1v) is 21.2. The summed E-state index contributed by atoms with van der Waals surface area (Å²) in [5.74, 6) is 2.47. The third-order valence-corrected chi connectivity index (χ3v) is 13.7. The van der Waals surface area contributed by atoms with Crippen LogP contribution < -0.4 is 20.7 Å². The van der Waals surface area contributed by atoms with Gasteiger partial charge in [-0.1, -0.05) is 44.4 Å². The topological polar surface area (TPSA) is 102 Å². The zero-order valence-electron chi connectivity index (χ0n) is 35.3. The van der Waals surface area contributed by atoms with Crippen molar-refractivity contribution in [2.75, 3.05) is 28.3 Å². The van der Waals surface area contributed by atoms with E-state index >= 15 is 0 Å². The van der Waals surface area contributed by atoms with Gasteiger partial charge in [0.25, 0.3) is 0 Å². The van der Waals surface area contributed by atoms with Crippen molar-refractivity contribution in [1.29, 1.82) is 0 Å². The molecule has 2 fully saturated rings. The summed E-state index contributed by atoms with van der Waals surface area (Å²) in [5, 5.41) is 21.2. The Morgan fingerprint density at radius 1 is 1.07 bits per heavy atom. The van der Waals surface area contributed by atoms with Crippen molar-refractivity contribution in [2.45, 2.75) is 136 Å². The largest absolute Gasteiger partial charge is 0.496 e. The standard InChI is InChI=1S/C46H67N5O5/c1-31(11-9-21-45(2,3)55)39-17-18-40-33(12-10-22-46(39,40)4)26-41-38-27-37(52)16-15-34(38)29-48-43(53)49(44(54)50(41)48)36-19-23-47(24-20-36)28-35-14-13-32(25-42(35)56-8)30-51(5,6)7/h13-14,19-20,23-26,31,37,39-41,52,55H,9-12,15-18,21-22,27-30H2,1-8H3/q+2/b33-26+/t31-,37+,39-,40+,41+,46-/m1/s1. The van der Waals surface area contributed by atoms with E-state index < -0.39 is 17.7 Å². The number of pyridine rings is 1. The first kappa shape index (κ1) is 40.5.